The second-order valence-electron chi connectivity index (χ2n) is 6.93. The van der Waals surface area contributed by atoms with Gasteiger partial charge in [-0.15, -0.1) is 0 Å². The van der Waals surface area contributed by atoms with Crippen LogP contribution >= 0.6 is 0 Å². The molecule has 0 aromatic heterocycles. The molecule has 2 aromatic carbocycles. The van der Waals surface area contributed by atoms with Crippen molar-refractivity contribution in [1.82, 2.24) is 4.90 Å². The van der Waals surface area contributed by atoms with Gasteiger partial charge in [0, 0.05) is 17.7 Å². The van der Waals surface area contributed by atoms with E-state index in [4.69, 9.17) is 4.74 Å². The minimum atomic E-state index is -0.342. The fourth-order valence-corrected chi connectivity index (χ4v) is 4.70. The minimum Gasteiger partial charge on any atom is -0.358 e. The molecule has 4 nitrogen and oxygen atoms in total. The highest BCUT2D eigenvalue weighted by Crippen LogP contribution is 2.53. The van der Waals surface area contributed by atoms with E-state index in [1.165, 1.54) is 11.1 Å². The monoisotopic (exact) mass is 320 g/mol. The van der Waals surface area contributed by atoms with E-state index in [9.17, 15) is 4.79 Å². The van der Waals surface area contributed by atoms with E-state index in [-0.39, 0.29) is 23.7 Å². The number of hydrogen-bond donors (Lipinski definition) is 1. The van der Waals surface area contributed by atoms with E-state index in [1.54, 1.807) is 0 Å². The highest BCUT2D eigenvalue weighted by molar-refractivity contribution is 5.83. The van der Waals surface area contributed by atoms with Gasteiger partial charge in [-0.3, -0.25) is 4.79 Å². The third kappa shape index (κ3) is 1.80. The summed E-state index contributed by atoms with van der Waals surface area (Å²) < 4.78 is 6.22. The van der Waals surface area contributed by atoms with Crippen molar-refractivity contribution in [3.05, 3.63) is 65.7 Å². The molecule has 2 fully saturated rings. The number of para-hydroxylation sites is 1. The third-order valence-corrected chi connectivity index (χ3v) is 5.67. The van der Waals surface area contributed by atoms with Gasteiger partial charge < -0.3 is 15.0 Å². The van der Waals surface area contributed by atoms with Crippen molar-refractivity contribution in [1.29, 1.82) is 0 Å². The summed E-state index contributed by atoms with van der Waals surface area (Å²) in [5, 5.41) is 3.49. The fourth-order valence-electron chi connectivity index (χ4n) is 4.70. The predicted molar refractivity (Wildman–Crippen MR) is 91.5 cm³/mol. The Hall–Kier alpha value is -2.33. The Balaban J connectivity index is 1.57. The van der Waals surface area contributed by atoms with Crippen molar-refractivity contribution in [2.45, 2.75) is 37.1 Å². The largest absolute Gasteiger partial charge is 0.358 e. The number of hydrogen-bond acceptors (Lipinski definition) is 3. The van der Waals surface area contributed by atoms with E-state index in [2.05, 4.69) is 52.7 Å². The summed E-state index contributed by atoms with van der Waals surface area (Å²) in [5.41, 5.74) is 3.21. The number of morpholine rings is 1. The quantitative estimate of drug-likeness (QED) is 0.925. The number of amides is 1. The van der Waals surface area contributed by atoms with Crippen LogP contribution < -0.4 is 5.32 Å². The Morgan fingerprint density at radius 1 is 1.12 bits per heavy atom. The van der Waals surface area contributed by atoms with Crippen LogP contribution in [0.5, 0.6) is 0 Å². The Labute approximate surface area is 141 Å². The van der Waals surface area contributed by atoms with Gasteiger partial charge in [0.25, 0.3) is 0 Å². The molecular formula is C20H20N2O2. The van der Waals surface area contributed by atoms with Crippen molar-refractivity contribution < 1.29 is 9.53 Å². The van der Waals surface area contributed by atoms with Crippen LogP contribution in [0.25, 0.3) is 0 Å². The summed E-state index contributed by atoms with van der Waals surface area (Å²) in [4.78, 5) is 14.9. The molecule has 0 aliphatic carbocycles. The fraction of sp³-hybridized carbons (Fsp3) is 0.350. The van der Waals surface area contributed by atoms with Crippen molar-refractivity contribution >= 4 is 11.6 Å². The number of fused-ring (bicyclic) bond motifs is 1. The van der Waals surface area contributed by atoms with Crippen molar-refractivity contribution in [3.8, 4) is 0 Å². The Bertz CT molecular complexity index is 791. The molecule has 2 saturated heterocycles. The molecule has 3 aliphatic rings. The topological polar surface area (TPSA) is 41.6 Å². The molecular weight excluding hydrogens is 300 g/mol. The van der Waals surface area contributed by atoms with Crippen LogP contribution in [0.4, 0.5) is 5.69 Å². The average molecular weight is 320 g/mol. The van der Waals surface area contributed by atoms with Crippen LogP contribution in [0, 0.1) is 0 Å². The summed E-state index contributed by atoms with van der Waals surface area (Å²) in [5.74, 6) is 0.253. The van der Waals surface area contributed by atoms with Crippen molar-refractivity contribution in [3.63, 3.8) is 0 Å². The number of nitrogens with zero attached hydrogens (tertiary/aromatic N) is 1. The molecule has 4 heteroatoms. The van der Waals surface area contributed by atoms with Crippen molar-refractivity contribution in [2.24, 2.45) is 0 Å². The molecule has 3 heterocycles. The molecule has 0 bridgehead atoms. The van der Waals surface area contributed by atoms with E-state index >= 15 is 0 Å². The first-order chi connectivity index (χ1) is 11.8. The summed E-state index contributed by atoms with van der Waals surface area (Å²) in [6.07, 6.45) is 2.13. The molecule has 0 saturated carbocycles. The zero-order valence-corrected chi connectivity index (χ0v) is 13.4. The molecule has 1 N–H and O–H groups in total. The number of carbonyl (C=O) groups is 1. The Morgan fingerprint density at radius 2 is 1.92 bits per heavy atom. The number of carbonyl (C=O) groups excluding carboxylic acids is 1. The maximum atomic E-state index is 12.8. The molecule has 5 rings (SSSR count). The van der Waals surface area contributed by atoms with Gasteiger partial charge in [0.15, 0.2) is 6.23 Å². The minimum absolute atomic E-state index is 0.0895. The summed E-state index contributed by atoms with van der Waals surface area (Å²) in [6.45, 7) is 0.577. The first-order valence-corrected chi connectivity index (χ1v) is 8.63. The van der Waals surface area contributed by atoms with E-state index < -0.39 is 0 Å². The zero-order valence-electron chi connectivity index (χ0n) is 13.4. The maximum absolute atomic E-state index is 12.8. The maximum Gasteiger partial charge on any atom is 0.223 e. The molecule has 3 aliphatic heterocycles. The first-order valence-electron chi connectivity index (χ1n) is 8.63. The SMILES string of the molecule is O=C1CC[C@@]23c4ccccc4N[C@H]2OC[C@H](Cc2ccccc2)N13. The van der Waals surface area contributed by atoms with Crippen LogP contribution in [0.2, 0.25) is 0 Å². The summed E-state index contributed by atoms with van der Waals surface area (Å²) in [7, 11) is 0. The smallest absolute Gasteiger partial charge is 0.223 e. The second kappa shape index (κ2) is 5.08. The number of rotatable bonds is 2. The zero-order chi connectivity index (χ0) is 16.1. The molecule has 3 atom stereocenters. The predicted octanol–water partition coefficient (Wildman–Crippen LogP) is 2.90. The second-order valence-corrected chi connectivity index (χ2v) is 6.93. The van der Waals surface area contributed by atoms with Gasteiger partial charge in [-0.2, -0.15) is 0 Å². The van der Waals surface area contributed by atoms with Crippen LogP contribution in [0.3, 0.4) is 0 Å². The van der Waals surface area contributed by atoms with Crippen LogP contribution in [-0.4, -0.2) is 29.7 Å². The van der Waals surface area contributed by atoms with E-state index in [1.807, 2.05) is 12.1 Å². The lowest BCUT2D eigenvalue weighted by Gasteiger charge is -2.48. The lowest BCUT2D eigenvalue weighted by molar-refractivity contribution is -0.159. The molecule has 122 valence electrons. The van der Waals surface area contributed by atoms with Gasteiger partial charge in [0.2, 0.25) is 5.91 Å². The lowest BCUT2D eigenvalue weighted by Crippen LogP contribution is -2.62. The first kappa shape index (κ1) is 14.1. The highest BCUT2D eigenvalue weighted by atomic mass is 16.5. The van der Waals surface area contributed by atoms with E-state index in [0.717, 1.165) is 18.5 Å². The van der Waals surface area contributed by atoms with Gasteiger partial charge in [0.1, 0.15) is 5.54 Å². The Morgan fingerprint density at radius 3 is 2.79 bits per heavy atom. The van der Waals surface area contributed by atoms with Gasteiger partial charge in [-0.25, -0.2) is 0 Å². The molecule has 0 unspecified atom stereocenters. The molecule has 2 aromatic rings. The molecule has 1 spiro atoms. The summed E-state index contributed by atoms with van der Waals surface area (Å²) in [6, 6.07) is 18.8. The molecule has 1 amide bonds. The van der Waals surface area contributed by atoms with Gasteiger partial charge >= 0.3 is 0 Å². The van der Waals surface area contributed by atoms with Crippen LogP contribution in [0.1, 0.15) is 24.0 Å². The van der Waals surface area contributed by atoms with Crippen molar-refractivity contribution in [2.75, 3.05) is 11.9 Å². The van der Waals surface area contributed by atoms with Gasteiger partial charge in [-0.1, -0.05) is 48.5 Å². The molecule has 24 heavy (non-hydrogen) atoms. The number of anilines is 1. The van der Waals surface area contributed by atoms with Gasteiger partial charge in [-0.05, 0) is 24.5 Å². The average Bonchev–Trinajstić information content (AvgIpc) is 3.14. The normalized spacial score (nSPS) is 30.5. The van der Waals surface area contributed by atoms with Gasteiger partial charge in [0.05, 0.1) is 12.6 Å². The van der Waals surface area contributed by atoms with Crippen LogP contribution in [-0.2, 0) is 21.5 Å². The van der Waals surface area contributed by atoms with E-state index in [0.29, 0.717) is 13.0 Å². The Kier molecular flexibility index (Phi) is 2.98. The highest BCUT2D eigenvalue weighted by Gasteiger charge is 2.61. The number of ether oxygens (including phenoxy) is 1. The third-order valence-electron chi connectivity index (χ3n) is 5.67. The molecule has 0 radical (unpaired) electrons. The number of nitrogens with one attached hydrogen (secondary N) is 1. The number of benzene rings is 2. The summed E-state index contributed by atoms with van der Waals surface area (Å²) >= 11 is 0. The van der Waals surface area contributed by atoms with Crippen LogP contribution in [0.15, 0.2) is 54.6 Å². The standard InChI is InChI=1S/C20H20N2O2/c23-18-10-11-20-16-8-4-5-9-17(16)21-19(20)24-13-15(22(18)20)12-14-6-2-1-3-7-14/h1-9,15,19,21H,10-13H2/t15-,19-,20+/m0/s1. The lowest BCUT2D eigenvalue weighted by atomic mass is 9.85.